The Hall–Kier alpha value is -5.03. The minimum absolute atomic E-state index is 0.271. The number of amides is 1. The molecule has 0 spiro atoms. The van der Waals surface area contributed by atoms with Gasteiger partial charge in [-0.25, -0.2) is 0 Å². The minimum atomic E-state index is -0.271. The Morgan fingerprint density at radius 3 is 1.45 bits per heavy atom. The van der Waals surface area contributed by atoms with Crippen molar-refractivity contribution in [3.8, 4) is 17.2 Å². The number of benzene rings is 5. The van der Waals surface area contributed by atoms with Gasteiger partial charge in [-0.05, 0) is 47.9 Å². The predicted molar refractivity (Wildman–Crippen MR) is 158 cm³/mol. The van der Waals surface area contributed by atoms with Crippen LogP contribution in [0.1, 0.15) is 32.6 Å². The molecule has 0 aliphatic heterocycles. The average molecular weight is 530 g/mol. The third-order valence-corrected chi connectivity index (χ3v) is 6.29. The molecule has 0 unspecified atom stereocenters. The van der Waals surface area contributed by atoms with E-state index in [1.165, 1.54) is 0 Å². The SMILES string of the molecule is Cc1ccc(NC(=O)c2cc(OCc3ccccc3)c(OCc3ccccc3)c(OCc3ccccc3)c2)cc1. The van der Waals surface area contributed by atoms with E-state index in [1.807, 2.05) is 122 Å². The summed E-state index contributed by atoms with van der Waals surface area (Å²) in [5.74, 6) is 1.04. The number of anilines is 1. The summed E-state index contributed by atoms with van der Waals surface area (Å²) in [6.07, 6.45) is 0. The number of nitrogens with one attached hydrogen (secondary N) is 1. The van der Waals surface area contributed by atoms with Gasteiger partial charge in [0, 0.05) is 11.3 Å². The van der Waals surface area contributed by atoms with Crippen LogP contribution in [-0.4, -0.2) is 5.91 Å². The van der Waals surface area contributed by atoms with E-state index in [9.17, 15) is 4.79 Å². The summed E-state index contributed by atoms with van der Waals surface area (Å²) < 4.78 is 18.9. The van der Waals surface area contributed by atoms with Crippen molar-refractivity contribution in [3.05, 3.63) is 155 Å². The van der Waals surface area contributed by atoms with Crippen molar-refractivity contribution < 1.29 is 19.0 Å². The standard InChI is InChI=1S/C35H31NO4/c1-26-17-19-31(20-18-26)36-35(37)30-21-32(38-23-27-11-5-2-6-12-27)34(40-25-29-15-9-4-10-16-29)33(22-30)39-24-28-13-7-3-8-14-28/h2-22H,23-25H2,1H3,(H,36,37). The molecule has 0 bridgehead atoms. The van der Waals surface area contributed by atoms with Crippen LogP contribution in [-0.2, 0) is 19.8 Å². The summed E-state index contributed by atoms with van der Waals surface area (Å²) in [5, 5.41) is 2.97. The van der Waals surface area contributed by atoms with Crippen LogP contribution in [0.4, 0.5) is 5.69 Å². The first-order chi connectivity index (χ1) is 19.6. The fourth-order valence-electron chi connectivity index (χ4n) is 4.10. The first-order valence-corrected chi connectivity index (χ1v) is 13.2. The molecule has 200 valence electrons. The van der Waals surface area contributed by atoms with E-state index in [-0.39, 0.29) is 5.91 Å². The zero-order valence-corrected chi connectivity index (χ0v) is 22.4. The second-order valence-electron chi connectivity index (χ2n) is 9.44. The second kappa shape index (κ2) is 13.2. The smallest absolute Gasteiger partial charge is 0.255 e. The molecule has 1 amide bonds. The van der Waals surface area contributed by atoms with Gasteiger partial charge >= 0.3 is 0 Å². The third kappa shape index (κ3) is 7.29. The minimum Gasteiger partial charge on any atom is -0.485 e. The molecular formula is C35H31NO4. The molecule has 1 N–H and O–H groups in total. The van der Waals surface area contributed by atoms with Gasteiger partial charge in [-0.15, -0.1) is 0 Å². The van der Waals surface area contributed by atoms with Gasteiger partial charge in [0.25, 0.3) is 5.91 Å². The highest BCUT2D eigenvalue weighted by molar-refractivity contribution is 6.05. The Morgan fingerprint density at radius 2 is 1.00 bits per heavy atom. The Labute approximate surface area is 235 Å². The quantitative estimate of drug-likeness (QED) is 0.188. The molecule has 0 fully saturated rings. The zero-order valence-electron chi connectivity index (χ0n) is 22.4. The van der Waals surface area contributed by atoms with Crippen molar-refractivity contribution in [3.63, 3.8) is 0 Å². The number of ether oxygens (including phenoxy) is 3. The van der Waals surface area contributed by atoms with Crippen LogP contribution >= 0.6 is 0 Å². The van der Waals surface area contributed by atoms with Crippen LogP contribution < -0.4 is 19.5 Å². The summed E-state index contributed by atoms with van der Waals surface area (Å²) in [5.41, 5.74) is 5.23. The van der Waals surface area contributed by atoms with E-state index in [1.54, 1.807) is 12.1 Å². The van der Waals surface area contributed by atoms with Crippen LogP contribution in [0, 0.1) is 6.92 Å². The van der Waals surface area contributed by atoms with E-state index in [0.29, 0.717) is 48.3 Å². The Kier molecular flexibility index (Phi) is 8.74. The highest BCUT2D eigenvalue weighted by Gasteiger charge is 2.20. The zero-order chi connectivity index (χ0) is 27.6. The van der Waals surface area contributed by atoms with Crippen LogP contribution in [0.5, 0.6) is 17.2 Å². The van der Waals surface area contributed by atoms with E-state index < -0.39 is 0 Å². The first-order valence-electron chi connectivity index (χ1n) is 13.2. The Balaban J connectivity index is 1.49. The molecule has 0 radical (unpaired) electrons. The maximum absolute atomic E-state index is 13.4. The largest absolute Gasteiger partial charge is 0.485 e. The monoisotopic (exact) mass is 529 g/mol. The van der Waals surface area contributed by atoms with E-state index in [2.05, 4.69) is 5.32 Å². The molecule has 0 saturated carbocycles. The van der Waals surface area contributed by atoms with Crippen molar-refractivity contribution in [1.82, 2.24) is 0 Å². The van der Waals surface area contributed by atoms with E-state index >= 15 is 0 Å². The highest BCUT2D eigenvalue weighted by Crippen LogP contribution is 2.40. The molecular weight excluding hydrogens is 498 g/mol. The highest BCUT2D eigenvalue weighted by atomic mass is 16.5. The number of rotatable bonds is 11. The van der Waals surface area contributed by atoms with Gasteiger partial charge in [-0.2, -0.15) is 0 Å². The maximum atomic E-state index is 13.4. The Morgan fingerprint density at radius 1 is 0.575 bits per heavy atom. The van der Waals surface area contributed by atoms with Gasteiger partial charge < -0.3 is 19.5 Å². The number of aryl methyl sites for hydroxylation is 1. The summed E-state index contributed by atoms with van der Waals surface area (Å²) in [4.78, 5) is 13.4. The number of carbonyl (C=O) groups is 1. The summed E-state index contributed by atoms with van der Waals surface area (Å²) in [7, 11) is 0. The molecule has 5 nitrogen and oxygen atoms in total. The molecule has 0 aliphatic carbocycles. The molecule has 0 saturated heterocycles. The lowest BCUT2D eigenvalue weighted by Crippen LogP contribution is -2.13. The van der Waals surface area contributed by atoms with Crippen molar-refractivity contribution in [2.75, 3.05) is 5.32 Å². The van der Waals surface area contributed by atoms with Gasteiger partial charge in [0.1, 0.15) is 19.8 Å². The molecule has 0 aliphatic rings. The summed E-state index contributed by atoms with van der Waals surface area (Å²) in [6, 6.07) is 40.7. The van der Waals surface area contributed by atoms with Gasteiger partial charge in [0.2, 0.25) is 5.75 Å². The van der Waals surface area contributed by atoms with Crippen molar-refractivity contribution >= 4 is 11.6 Å². The fraction of sp³-hybridized carbons (Fsp3) is 0.114. The number of carbonyl (C=O) groups excluding carboxylic acids is 1. The number of hydrogen-bond acceptors (Lipinski definition) is 4. The normalized spacial score (nSPS) is 10.5. The molecule has 5 aromatic carbocycles. The molecule has 5 rings (SSSR count). The van der Waals surface area contributed by atoms with Crippen molar-refractivity contribution in [1.29, 1.82) is 0 Å². The van der Waals surface area contributed by atoms with Gasteiger partial charge in [-0.3, -0.25) is 4.79 Å². The summed E-state index contributed by atoms with van der Waals surface area (Å²) >= 11 is 0. The van der Waals surface area contributed by atoms with Gasteiger partial charge in [-0.1, -0.05) is 109 Å². The lowest BCUT2D eigenvalue weighted by molar-refractivity contribution is 0.102. The Bertz CT molecular complexity index is 1450. The lowest BCUT2D eigenvalue weighted by atomic mass is 10.1. The average Bonchev–Trinajstić information content (AvgIpc) is 3.00. The third-order valence-electron chi connectivity index (χ3n) is 6.29. The van der Waals surface area contributed by atoms with Gasteiger partial charge in [0.15, 0.2) is 11.5 Å². The molecule has 0 heterocycles. The molecule has 0 aromatic heterocycles. The van der Waals surface area contributed by atoms with Gasteiger partial charge in [0.05, 0.1) is 0 Å². The molecule has 5 heteroatoms. The van der Waals surface area contributed by atoms with Crippen molar-refractivity contribution in [2.24, 2.45) is 0 Å². The summed E-state index contributed by atoms with van der Waals surface area (Å²) in [6.45, 7) is 2.94. The second-order valence-corrected chi connectivity index (χ2v) is 9.44. The van der Waals surface area contributed by atoms with Crippen LogP contribution in [0.3, 0.4) is 0 Å². The topological polar surface area (TPSA) is 56.8 Å². The maximum Gasteiger partial charge on any atom is 0.255 e. The molecule has 5 aromatic rings. The van der Waals surface area contributed by atoms with E-state index in [4.69, 9.17) is 14.2 Å². The van der Waals surface area contributed by atoms with Crippen molar-refractivity contribution in [2.45, 2.75) is 26.7 Å². The predicted octanol–water partition coefficient (Wildman–Crippen LogP) is 7.98. The van der Waals surface area contributed by atoms with Crippen LogP contribution in [0.15, 0.2) is 127 Å². The van der Waals surface area contributed by atoms with E-state index in [0.717, 1.165) is 22.3 Å². The first kappa shape index (κ1) is 26.6. The van der Waals surface area contributed by atoms with Crippen LogP contribution in [0.2, 0.25) is 0 Å². The number of hydrogen-bond donors (Lipinski definition) is 1. The van der Waals surface area contributed by atoms with Crippen LogP contribution in [0.25, 0.3) is 0 Å². The molecule has 0 atom stereocenters. The fourth-order valence-corrected chi connectivity index (χ4v) is 4.10. The lowest BCUT2D eigenvalue weighted by Gasteiger charge is -2.19. The molecule has 40 heavy (non-hydrogen) atoms.